The molecule has 0 bridgehead atoms. The fourth-order valence-electron chi connectivity index (χ4n) is 2.96. The highest BCUT2D eigenvalue weighted by Gasteiger charge is 2.59. The zero-order valence-corrected chi connectivity index (χ0v) is 13.9. The van der Waals surface area contributed by atoms with E-state index in [1.807, 2.05) is 6.92 Å². The third-order valence-corrected chi connectivity index (χ3v) is 5.97. The molecule has 3 rings (SSSR count). The summed E-state index contributed by atoms with van der Waals surface area (Å²) in [5.74, 6) is 0.121. The van der Waals surface area contributed by atoms with Crippen LogP contribution in [-0.2, 0) is 0 Å². The number of nitrogens with one attached hydrogen (secondary N) is 1. The van der Waals surface area contributed by atoms with Crippen molar-refractivity contribution in [2.24, 2.45) is 5.41 Å². The van der Waals surface area contributed by atoms with E-state index < -0.39 is 11.8 Å². The van der Waals surface area contributed by atoms with Crippen molar-refractivity contribution in [1.82, 2.24) is 5.32 Å². The van der Waals surface area contributed by atoms with Gasteiger partial charge in [0.05, 0.1) is 15.6 Å². The van der Waals surface area contributed by atoms with Gasteiger partial charge in [-0.3, -0.25) is 5.32 Å². The maximum atomic E-state index is 10.7. The average molecular weight is 349 g/mol. The van der Waals surface area contributed by atoms with Crippen LogP contribution in [-0.4, -0.2) is 22.0 Å². The summed E-state index contributed by atoms with van der Waals surface area (Å²) in [6.45, 7) is 3.99. The SMILES string of the molecule is CC1([C@]2(C)NC(O)C(c3cc(Cl)c(Cl)cc3Cl)=C2O)CC1. The van der Waals surface area contributed by atoms with Gasteiger partial charge in [-0.15, -0.1) is 0 Å². The van der Waals surface area contributed by atoms with Crippen LogP contribution in [0.25, 0.3) is 5.57 Å². The minimum absolute atomic E-state index is 0.0670. The minimum atomic E-state index is -0.998. The van der Waals surface area contributed by atoms with Crippen molar-refractivity contribution in [2.75, 3.05) is 0 Å². The van der Waals surface area contributed by atoms with E-state index in [0.29, 0.717) is 26.2 Å². The molecule has 1 saturated carbocycles. The van der Waals surface area contributed by atoms with Gasteiger partial charge < -0.3 is 10.2 Å². The van der Waals surface area contributed by atoms with Crippen molar-refractivity contribution in [3.8, 4) is 0 Å². The Bertz CT molecular complexity index is 655. The molecule has 1 heterocycles. The number of aliphatic hydroxyl groups is 2. The van der Waals surface area contributed by atoms with Crippen LogP contribution in [0.2, 0.25) is 15.1 Å². The van der Waals surface area contributed by atoms with Gasteiger partial charge in [0.2, 0.25) is 0 Å². The Kier molecular flexibility index (Phi) is 3.51. The predicted molar refractivity (Wildman–Crippen MR) is 85.9 cm³/mol. The van der Waals surface area contributed by atoms with E-state index in [4.69, 9.17) is 34.8 Å². The van der Waals surface area contributed by atoms with Crippen LogP contribution >= 0.6 is 34.8 Å². The molecule has 3 N–H and O–H groups in total. The van der Waals surface area contributed by atoms with Gasteiger partial charge in [-0.25, -0.2) is 0 Å². The van der Waals surface area contributed by atoms with Gasteiger partial charge in [-0.2, -0.15) is 0 Å². The number of hydrogen-bond donors (Lipinski definition) is 3. The normalized spacial score (nSPS) is 30.9. The molecule has 21 heavy (non-hydrogen) atoms. The first kappa shape index (κ1) is 15.4. The van der Waals surface area contributed by atoms with Crippen LogP contribution < -0.4 is 5.32 Å². The van der Waals surface area contributed by atoms with Crippen molar-refractivity contribution in [3.05, 3.63) is 38.5 Å². The van der Waals surface area contributed by atoms with E-state index in [9.17, 15) is 10.2 Å². The van der Waals surface area contributed by atoms with Crippen LogP contribution in [0.1, 0.15) is 32.3 Å². The number of benzene rings is 1. The molecular weight excluding hydrogens is 333 g/mol. The standard InChI is InChI=1S/C15H16Cl3NO2/c1-14(3-4-14)15(2)12(20)11(13(21)19-15)7-5-9(17)10(18)6-8(7)16/h5-6,13,19-21H,3-4H2,1-2H3/t13?,15-/m1/s1. The molecule has 0 saturated heterocycles. The number of halogens is 3. The Morgan fingerprint density at radius 1 is 1.10 bits per heavy atom. The van der Waals surface area contributed by atoms with Crippen LogP contribution in [0.4, 0.5) is 0 Å². The van der Waals surface area contributed by atoms with E-state index in [2.05, 4.69) is 12.2 Å². The zero-order valence-electron chi connectivity index (χ0n) is 11.7. The summed E-state index contributed by atoms with van der Waals surface area (Å²) >= 11 is 18.2. The van der Waals surface area contributed by atoms with Gasteiger partial charge in [0.15, 0.2) is 0 Å². The summed E-state index contributed by atoms with van der Waals surface area (Å²) in [4.78, 5) is 0. The Hall–Kier alpha value is -0.450. The smallest absolute Gasteiger partial charge is 0.135 e. The maximum absolute atomic E-state index is 10.7. The molecule has 0 aromatic heterocycles. The van der Waals surface area contributed by atoms with Gasteiger partial charge in [0.1, 0.15) is 12.0 Å². The second-order valence-electron chi connectivity index (χ2n) is 6.24. The molecule has 114 valence electrons. The number of aliphatic hydroxyl groups excluding tert-OH is 2. The molecule has 2 atom stereocenters. The lowest BCUT2D eigenvalue weighted by Gasteiger charge is -2.32. The molecule has 3 nitrogen and oxygen atoms in total. The van der Waals surface area contributed by atoms with E-state index in [0.717, 1.165) is 12.8 Å². The molecule has 0 amide bonds. The van der Waals surface area contributed by atoms with Crippen molar-refractivity contribution in [3.63, 3.8) is 0 Å². The topological polar surface area (TPSA) is 52.5 Å². The van der Waals surface area contributed by atoms with Gasteiger partial charge in [-0.1, -0.05) is 41.7 Å². The van der Waals surface area contributed by atoms with E-state index in [1.165, 1.54) is 6.07 Å². The summed E-state index contributed by atoms with van der Waals surface area (Å²) in [6, 6.07) is 3.09. The maximum Gasteiger partial charge on any atom is 0.135 e. The van der Waals surface area contributed by atoms with Crippen LogP contribution in [0.15, 0.2) is 17.9 Å². The first-order valence-electron chi connectivity index (χ1n) is 6.74. The highest BCUT2D eigenvalue weighted by atomic mass is 35.5. The highest BCUT2D eigenvalue weighted by molar-refractivity contribution is 6.43. The van der Waals surface area contributed by atoms with E-state index in [1.54, 1.807) is 6.07 Å². The van der Waals surface area contributed by atoms with Crippen LogP contribution in [0.3, 0.4) is 0 Å². The minimum Gasteiger partial charge on any atom is -0.510 e. The summed E-state index contributed by atoms with van der Waals surface area (Å²) in [5, 5.41) is 25.2. The fraction of sp³-hybridized carbons (Fsp3) is 0.467. The summed E-state index contributed by atoms with van der Waals surface area (Å²) < 4.78 is 0. The molecule has 2 aliphatic rings. The van der Waals surface area contributed by atoms with Gasteiger partial charge in [-0.05, 0) is 37.3 Å². The first-order chi connectivity index (χ1) is 9.69. The summed E-state index contributed by atoms with van der Waals surface area (Å²) in [6.07, 6.45) is 0.993. The monoisotopic (exact) mass is 347 g/mol. The molecule has 1 aliphatic heterocycles. The highest BCUT2D eigenvalue weighted by Crippen LogP contribution is 2.59. The lowest BCUT2D eigenvalue weighted by molar-refractivity contribution is 0.127. The van der Waals surface area contributed by atoms with E-state index >= 15 is 0 Å². The van der Waals surface area contributed by atoms with E-state index in [-0.39, 0.29) is 11.2 Å². The second kappa shape index (κ2) is 4.77. The molecule has 1 aliphatic carbocycles. The van der Waals surface area contributed by atoms with Crippen molar-refractivity contribution >= 4 is 40.4 Å². The van der Waals surface area contributed by atoms with Gasteiger partial charge >= 0.3 is 0 Å². The van der Waals surface area contributed by atoms with Gasteiger partial charge in [0.25, 0.3) is 0 Å². The first-order valence-corrected chi connectivity index (χ1v) is 7.87. The van der Waals surface area contributed by atoms with Crippen molar-refractivity contribution in [1.29, 1.82) is 0 Å². The van der Waals surface area contributed by atoms with Crippen LogP contribution in [0, 0.1) is 5.41 Å². The summed E-state index contributed by atoms with van der Waals surface area (Å²) in [5.41, 5.74) is 0.130. The lowest BCUT2D eigenvalue weighted by Crippen LogP contribution is -2.49. The van der Waals surface area contributed by atoms with Gasteiger partial charge in [0, 0.05) is 16.2 Å². The molecule has 1 fully saturated rings. The largest absolute Gasteiger partial charge is 0.510 e. The third-order valence-electron chi connectivity index (χ3n) is 4.93. The lowest BCUT2D eigenvalue weighted by atomic mass is 9.82. The Labute approximate surface area is 138 Å². The molecule has 0 spiro atoms. The number of hydrogen-bond acceptors (Lipinski definition) is 3. The van der Waals surface area contributed by atoms with Crippen molar-refractivity contribution < 1.29 is 10.2 Å². The number of rotatable bonds is 2. The Morgan fingerprint density at radius 2 is 1.67 bits per heavy atom. The molecule has 1 aromatic carbocycles. The second-order valence-corrected chi connectivity index (χ2v) is 7.46. The molecule has 1 unspecified atom stereocenters. The summed E-state index contributed by atoms with van der Waals surface area (Å²) in [7, 11) is 0. The Balaban J connectivity index is 2.15. The average Bonchev–Trinajstić information content (AvgIpc) is 3.10. The Morgan fingerprint density at radius 3 is 2.24 bits per heavy atom. The molecule has 0 radical (unpaired) electrons. The van der Waals surface area contributed by atoms with Crippen LogP contribution in [0.5, 0.6) is 0 Å². The third kappa shape index (κ3) is 2.18. The fourth-order valence-corrected chi connectivity index (χ4v) is 3.61. The predicted octanol–water partition coefficient (Wildman–Crippen LogP) is 4.40. The zero-order chi connectivity index (χ0) is 15.6. The van der Waals surface area contributed by atoms with Crippen molar-refractivity contribution in [2.45, 2.75) is 38.5 Å². The quantitative estimate of drug-likeness (QED) is 0.695. The molecule has 1 aromatic rings. The molecule has 6 heteroatoms. The molecular formula is C15H16Cl3NO2.